The Kier molecular flexibility index (Phi) is 2.96. The van der Waals surface area contributed by atoms with Gasteiger partial charge in [-0.05, 0) is 19.3 Å². The van der Waals surface area contributed by atoms with Crippen molar-refractivity contribution in [2.75, 3.05) is 5.73 Å². The molecule has 1 aromatic heterocycles. The molecule has 1 aliphatic rings. The van der Waals surface area contributed by atoms with Crippen molar-refractivity contribution in [3.63, 3.8) is 0 Å². The van der Waals surface area contributed by atoms with Crippen LogP contribution in [0.5, 0.6) is 0 Å². The Bertz CT molecular complexity index is 384. The van der Waals surface area contributed by atoms with Gasteiger partial charge in [-0.15, -0.1) is 11.3 Å². The average molecular weight is 225 g/mol. The van der Waals surface area contributed by atoms with Gasteiger partial charge >= 0.3 is 0 Å². The molecule has 5 nitrogen and oxygen atoms in total. The van der Waals surface area contributed by atoms with Crippen LogP contribution in [0.25, 0.3) is 0 Å². The Hall–Kier alpha value is -1.43. The van der Waals surface area contributed by atoms with Crippen molar-refractivity contribution in [2.24, 2.45) is 5.16 Å². The van der Waals surface area contributed by atoms with E-state index in [4.69, 9.17) is 10.6 Å². The van der Waals surface area contributed by atoms with Gasteiger partial charge in [0, 0.05) is 5.38 Å². The number of nitrogens with zero attached hydrogens (tertiary/aromatic N) is 2. The molecule has 0 aromatic carbocycles. The summed E-state index contributed by atoms with van der Waals surface area (Å²) in [7, 11) is 0. The van der Waals surface area contributed by atoms with E-state index >= 15 is 0 Å². The molecule has 2 N–H and O–H groups in total. The van der Waals surface area contributed by atoms with Gasteiger partial charge in [0.1, 0.15) is 11.8 Å². The van der Waals surface area contributed by atoms with E-state index < -0.39 is 0 Å². The van der Waals surface area contributed by atoms with Gasteiger partial charge in [-0.25, -0.2) is 4.98 Å². The highest BCUT2D eigenvalue weighted by Crippen LogP contribution is 2.22. The zero-order chi connectivity index (χ0) is 10.7. The van der Waals surface area contributed by atoms with E-state index in [0.29, 0.717) is 17.1 Å². The number of carbonyl (C=O) groups excluding carboxylic acids is 1. The largest absolute Gasteiger partial charge is 0.392 e. The van der Waals surface area contributed by atoms with Gasteiger partial charge in [-0.3, -0.25) is 4.79 Å². The molecule has 1 heterocycles. The fourth-order valence-electron chi connectivity index (χ4n) is 1.14. The number of nitrogens with two attached hydrogens (primary N) is 1. The van der Waals surface area contributed by atoms with Gasteiger partial charge < -0.3 is 10.6 Å². The number of nitrogen functional groups attached to an aromatic ring is 1. The molecule has 80 valence electrons. The highest BCUT2D eigenvalue weighted by molar-refractivity contribution is 7.13. The van der Waals surface area contributed by atoms with Crippen molar-refractivity contribution in [3.8, 4) is 0 Å². The van der Waals surface area contributed by atoms with E-state index in [2.05, 4.69) is 10.1 Å². The van der Waals surface area contributed by atoms with Gasteiger partial charge in [0.25, 0.3) is 0 Å². The first-order valence-electron chi connectivity index (χ1n) is 4.70. The SMILES string of the molecule is Nc1nc(C(C=O)=NOC2CCC2)cs1. The fraction of sp³-hybridized carbons (Fsp3) is 0.444. The minimum atomic E-state index is 0.163. The first-order chi connectivity index (χ1) is 7.29. The number of thiazole rings is 1. The second-order valence-corrected chi connectivity index (χ2v) is 4.21. The number of carbonyl (C=O) groups is 1. The number of anilines is 1. The average Bonchev–Trinajstić information content (AvgIpc) is 2.56. The summed E-state index contributed by atoms with van der Waals surface area (Å²) in [5, 5.41) is 5.89. The van der Waals surface area contributed by atoms with Crippen LogP contribution >= 0.6 is 11.3 Å². The monoisotopic (exact) mass is 225 g/mol. The van der Waals surface area contributed by atoms with Gasteiger partial charge in [0.2, 0.25) is 0 Å². The molecule has 0 saturated heterocycles. The zero-order valence-corrected chi connectivity index (χ0v) is 8.87. The molecule has 0 bridgehead atoms. The van der Waals surface area contributed by atoms with Crippen molar-refractivity contribution in [1.82, 2.24) is 4.98 Å². The first-order valence-corrected chi connectivity index (χ1v) is 5.58. The molecule has 2 rings (SSSR count). The van der Waals surface area contributed by atoms with Crippen molar-refractivity contribution >= 4 is 28.5 Å². The Balaban J connectivity index is 2.05. The number of aldehydes is 1. The maximum Gasteiger partial charge on any atom is 0.180 e. The molecule has 0 atom stereocenters. The Morgan fingerprint density at radius 2 is 2.53 bits per heavy atom. The summed E-state index contributed by atoms with van der Waals surface area (Å²) >= 11 is 1.27. The molecule has 1 fully saturated rings. The summed E-state index contributed by atoms with van der Waals surface area (Å²) < 4.78 is 0. The molecule has 1 aliphatic carbocycles. The summed E-state index contributed by atoms with van der Waals surface area (Å²) in [4.78, 5) is 19.9. The van der Waals surface area contributed by atoms with E-state index in [1.807, 2.05) is 0 Å². The van der Waals surface area contributed by atoms with Crippen LogP contribution in [0.15, 0.2) is 10.5 Å². The third-order valence-corrected chi connectivity index (χ3v) is 2.92. The van der Waals surface area contributed by atoms with E-state index in [1.54, 1.807) is 5.38 Å². The lowest BCUT2D eigenvalue weighted by Gasteiger charge is -2.22. The van der Waals surface area contributed by atoms with Crippen LogP contribution in [0.3, 0.4) is 0 Å². The van der Waals surface area contributed by atoms with Gasteiger partial charge in [-0.1, -0.05) is 5.16 Å². The molecule has 1 aromatic rings. The lowest BCUT2D eigenvalue weighted by Crippen LogP contribution is -2.20. The number of hydrogen-bond acceptors (Lipinski definition) is 6. The van der Waals surface area contributed by atoms with E-state index in [-0.39, 0.29) is 11.8 Å². The van der Waals surface area contributed by atoms with Crippen LogP contribution in [-0.2, 0) is 9.63 Å². The van der Waals surface area contributed by atoms with Crippen LogP contribution in [0.1, 0.15) is 25.0 Å². The number of aromatic nitrogens is 1. The Labute approximate surface area is 90.9 Å². The number of rotatable bonds is 4. The summed E-state index contributed by atoms with van der Waals surface area (Å²) in [5.74, 6) is 0. The van der Waals surface area contributed by atoms with Crippen LogP contribution in [0, 0.1) is 0 Å². The summed E-state index contributed by atoms with van der Waals surface area (Å²) in [6.07, 6.45) is 3.98. The normalized spacial score (nSPS) is 17.2. The molecule has 0 radical (unpaired) electrons. The molecule has 15 heavy (non-hydrogen) atoms. The molecule has 0 amide bonds. The minimum Gasteiger partial charge on any atom is -0.392 e. The van der Waals surface area contributed by atoms with Crippen molar-refractivity contribution in [2.45, 2.75) is 25.4 Å². The summed E-state index contributed by atoms with van der Waals surface area (Å²) in [6, 6.07) is 0. The predicted molar refractivity (Wildman–Crippen MR) is 57.9 cm³/mol. The molecule has 0 spiro atoms. The van der Waals surface area contributed by atoms with Gasteiger partial charge in [-0.2, -0.15) is 0 Å². The Morgan fingerprint density at radius 1 is 1.73 bits per heavy atom. The lowest BCUT2D eigenvalue weighted by atomic mass is 9.97. The van der Waals surface area contributed by atoms with E-state index in [1.165, 1.54) is 17.8 Å². The van der Waals surface area contributed by atoms with Crippen LogP contribution in [-0.4, -0.2) is 23.1 Å². The van der Waals surface area contributed by atoms with Crippen molar-refractivity contribution in [1.29, 1.82) is 0 Å². The van der Waals surface area contributed by atoms with Crippen LogP contribution in [0.2, 0.25) is 0 Å². The molecule has 6 heteroatoms. The Morgan fingerprint density at radius 3 is 3.00 bits per heavy atom. The molecule has 0 aliphatic heterocycles. The highest BCUT2D eigenvalue weighted by atomic mass is 32.1. The predicted octanol–water partition coefficient (Wildman–Crippen LogP) is 1.20. The highest BCUT2D eigenvalue weighted by Gasteiger charge is 2.19. The topological polar surface area (TPSA) is 77.6 Å². The van der Waals surface area contributed by atoms with Gasteiger partial charge in [0.05, 0.1) is 0 Å². The van der Waals surface area contributed by atoms with E-state index in [0.717, 1.165) is 12.8 Å². The quantitative estimate of drug-likeness (QED) is 0.474. The van der Waals surface area contributed by atoms with Crippen molar-refractivity contribution in [3.05, 3.63) is 11.1 Å². The van der Waals surface area contributed by atoms with Crippen LogP contribution < -0.4 is 5.73 Å². The lowest BCUT2D eigenvalue weighted by molar-refractivity contribution is -0.103. The molecular formula is C9H11N3O2S. The summed E-state index contributed by atoms with van der Waals surface area (Å²) in [6.45, 7) is 0. The maximum atomic E-state index is 10.7. The molecule has 0 unspecified atom stereocenters. The van der Waals surface area contributed by atoms with Crippen molar-refractivity contribution < 1.29 is 9.63 Å². The van der Waals surface area contributed by atoms with Crippen LogP contribution in [0.4, 0.5) is 5.13 Å². The molecule has 1 saturated carbocycles. The van der Waals surface area contributed by atoms with Gasteiger partial charge in [0.15, 0.2) is 17.1 Å². The second kappa shape index (κ2) is 4.39. The van der Waals surface area contributed by atoms with E-state index in [9.17, 15) is 4.79 Å². The third-order valence-electron chi connectivity index (χ3n) is 2.25. The number of hydrogen-bond donors (Lipinski definition) is 1. The fourth-order valence-corrected chi connectivity index (χ4v) is 1.70. The zero-order valence-electron chi connectivity index (χ0n) is 8.05. The summed E-state index contributed by atoms with van der Waals surface area (Å²) in [5.41, 5.74) is 6.14. The second-order valence-electron chi connectivity index (χ2n) is 3.32. The maximum absolute atomic E-state index is 10.7. The third kappa shape index (κ3) is 2.33. The molecular weight excluding hydrogens is 214 g/mol. The standard InChI is InChI=1S/C9H11N3O2S/c10-9-11-8(5-15-9)7(4-13)12-14-6-2-1-3-6/h4-6H,1-3H2,(H2,10,11). The smallest absolute Gasteiger partial charge is 0.180 e. The number of oxime groups is 1. The minimum absolute atomic E-state index is 0.163. The first kappa shape index (κ1) is 10.1.